The maximum Gasteiger partial charge on any atom is 0.303 e. The highest BCUT2D eigenvalue weighted by Gasteiger charge is 2.19. The van der Waals surface area contributed by atoms with Crippen molar-refractivity contribution < 1.29 is 14.7 Å². The van der Waals surface area contributed by atoms with Crippen LogP contribution in [0.15, 0.2) is 28.7 Å². The molecule has 0 aliphatic heterocycles. The SMILES string of the molecule is CCC(NC(=O)C(N)CCC(=O)O)c1ccc(Br)cc1. The molecular weight excluding hydrogens is 324 g/mol. The fraction of sp³-hybridized carbons (Fsp3) is 0.429. The number of halogens is 1. The molecule has 0 aliphatic rings. The minimum Gasteiger partial charge on any atom is -0.481 e. The van der Waals surface area contributed by atoms with Crippen molar-refractivity contribution >= 4 is 27.8 Å². The van der Waals surface area contributed by atoms with Gasteiger partial charge in [-0.1, -0.05) is 35.0 Å². The van der Waals surface area contributed by atoms with Gasteiger partial charge < -0.3 is 16.2 Å². The molecule has 110 valence electrons. The first-order chi connectivity index (χ1) is 9.43. The number of hydrogen-bond donors (Lipinski definition) is 3. The van der Waals surface area contributed by atoms with Crippen LogP contribution in [-0.4, -0.2) is 23.0 Å². The zero-order valence-electron chi connectivity index (χ0n) is 11.3. The summed E-state index contributed by atoms with van der Waals surface area (Å²) in [6, 6.07) is 6.77. The first-order valence-corrected chi connectivity index (χ1v) is 7.26. The molecule has 1 aromatic carbocycles. The van der Waals surface area contributed by atoms with Gasteiger partial charge in [-0.15, -0.1) is 0 Å². The Morgan fingerprint density at radius 3 is 2.45 bits per heavy atom. The van der Waals surface area contributed by atoms with Crippen molar-refractivity contribution in [3.63, 3.8) is 0 Å². The van der Waals surface area contributed by atoms with Crippen LogP contribution < -0.4 is 11.1 Å². The summed E-state index contributed by atoms with van der Waals surface area (Å²) in [5.74, 6) is -1.27. The predicted octanol–water partition coefficient (Wildman–Crippen LogP) is 2.21. The Kier molecular flexibility index (Phi) is 6.67. The van der Waals surface area contributed by atoms with Crippen LogP contribution in [0, 0.1) is 0 Å². The zero-order valence-corrected chi connectivity index (χ0v) is 12.9. The third kappa shape index (κ3) is 5.30. The Morgan fingerprint density at radius 2 is 1.95 bits per heavy atom. The van der Waals surface area contributed by atoms with Crippen molar-refractivity contribution in [1.29, 1.82) is 0 Å². The first kappa shape index (κ1) is 16.7. The van der Waals surface area contributed by atoms with Gasteiger partial charge in [0.15, 0.2) is 0 Å². The van der Waals surface area contributed by atoms with Gasteiger partial charge in [-0.3, -0.25) is 9.59 Å². The third-order valence-corrected chi connectivity index (χ3v) is 3.53. The summed E-state index contributed by atoms with van der Waals surface area (Å²) >= 11 is 3.36. The molecule has 2 unspecified atom stereocenters. The first-order valence-electron chi connectivity index (χ1n) is 6.47. The molecule has 5 nitrogen and oxygen atoms in total. The van der Waals surface area contributed by atoms with Gasteiger partial charge in [-0.05, 0) is 30.5 Å². The predicted molar refractivity (Wildman–Crippen MR) is 80.2 cm³/mol. The third-order valence-electron chi connectivity index (χ3n) is 3.00. The van der Waals surface area contributed by atoms with Crippen molar-refractivity contribution in [2.75, 3.05) is 0 Å². The molecule has 6 heteroatoms. The highest BCUT2D eigenvalue weighted by atomic mass is 79.9. The Hall–Kier alpha value is -1.40. The Labute approximate surface area is 126 Å². The van der Waals surface area contributed by atoms with Crippen LogP contribution >= 0.6 is 15.9 Å². The molecule has 2 atom stereocenters. The minimum absolute atomic E-state index is 0.107. The van der Waals surface area contributed by atoms with Crippen LogP contribution in [0.1, 0.15) is 37.8 Å². The summed E-state index contributed by atoms with van der Waals surface area (Å²) in [5.41, 5.74) is 6.68. The van der Waals surface area contributed by atoms with Gasteiger partial charge >= 0.3 is 5.97 Å². The van der Waals surface area contributed by atoms with Crippen LogP contribution in [0.2, 0.25) is 0 Å². The fourth-order valence-corrected chi connectivity index (χ4v) is 2.07. The van der Waals surface area contributed by atoms with E-state index in [2.05, 4.69) is 21.2 Å². The quantitative estimate of drug-likeness (QED) is 0.708. The monoisotopic (exact) mass is 342 g/mol. The largest absolute Gasteiger partial charge is 0.481 e. The van der Waals surface area contributed by atoms with Crippen molar-refractivity contribution in [3.8, 4) is 0 Å². The van der Waals surface area contributed by atoms with Gasteiger partial charge in [0.2, 0.25) is 5.91 Å². The topological polar surface area (TPSA) is 92.4 Å². The van der Waals surface area contributed by atoms with Gasteiger partial charge in [0.25, 0.3) is 0 Å². The number of rotatable bonds is 7. The van der Waals surface area contributed by atoms with Gasteiger partial charge in [-0.2, -0.15) is 0 Å². The van der Waals surface area contributed by atoms with Gasteiger partial charge in [0.1, 0.15) is 0 Å². The fourth-order valence-electron chi connectivity index (χ4n) is 1.81. The molecule has 0 heterocycles. The number of amides is 1. The maximum absolute atomic E-state index is 11.9. The van der Waals surface area contributed by atoms with Crippen LogP contribution in [0.25, 0.3) is 0 Å². The van der Waals surface area contributed by atoms with Crippen LogP contribution in [-0.2, 0) is 9.59 Å². The number of carbonyl (C=O) groups is 2. The lowest BCUT2D eigenvalue weighted by Gasteiger charge is -2.20. The number of carbonyl (C=O) groups excluding carboxylic acids is 1. The normalized spacial score (nSPS) is 13.6. The number of benzene rings is 1. The molecule has 4 N–H and O–H groups in total. The lowest BCUT2D eigenvalue weighted by atomic mass is 10.0. The van der Waals surface area contributed by atoms with E-state index in [1.54, 1.807) is 0 Å². The number of hydrogen-bond acceptors (Lipinski definition) is 3. The Balaban J connectivity index is 2.61. The molecule has 0 saturated carbocycles. The molecule has 1 amide bonds. The molecule has 0 aliphatic carbocycles. The molecule has 0 radical (unpaired) electrons. The second-order valence-electron chi connectivity index (χ2n) is 4.56. The van der Waals surface area contributed by atoms with Crippen molar-refractivity contribution in [1.82, 2.24) is 5.32 Å². The van der Waals surface area contributed by atoms with E-state index in [0.717, 1.165) is 16.5 Å². The second kappa shape index (κ2) is 8.01. The molecular formula is C14H19BrN2O3. The summed E-state index contributed by atoms with van der Waals surface area (Å²) in [6.45, 7) is 1.97. The van der Waals surface area contributed by atoms with E-state index in [4.69, 9.17) is 10.8 Å². The molecule has 0 spiro atoms. The summed E-state index contributed by atoms with van der Waals surface area (Å²) in [7, 11) is 0. The van der Waals surface area contributed by atoms with Crippen molar-refractivity contribution in [2.24, 2.45) is 5.73 Å². The molecule has 1 aromatic rings. The standard InChI is InChI=1S/C14H19BrN2O3/c1-2-12(9-3-5-10(15)6-4-9)17-14(20)11(16)7-8-13(18)19/h3-6,11-12H,2,7-8,16H2,1H3,(H,17,20)(H,18,19). The van der Waals surface area contributed by atoms with E-state index in [-0.39, 0.29) is 24.8 Å². The highest BCUT2D eigenvalue weighted by molar-refractivity contribution is 9.10. The minimum atomic E-state index is -0.951. The number of aliphatic carboxylic acids is 1. The smallest absolute Gasteiger partial charge is 0.303 e. The van der Waals surface area contributed by atoms with Gasteiger partial charge in [0.05, 0.1) is 12.1 Å². The molecule has 0 saturated heterocycles. The van der Waals surface area contributed by atoms with E-state index in [0.29, 0.717) is 0 Å². The Bertz CT molecular complexity index is 462. The number of carboxylic acid groups (broad SMARTS) is 1. The Morgan fingerprint density at radius 1 is 1.35 bits per heavy atom. The summed E-state index contributed by atoms with van der Waals surface area (Å²) in [4.78, 5) is 22.4. The summed E-state index contributed by atoms with van der Waals surface area (Å²) < 4.78 is 0.973. The lowest BCUT2D eigenvalue weighted by molar-refractivity contribution is -0.137. The zero-order chi connectivity index (χ0) is 15.1. The maximum atomic E-state index is 11.9. The van der Waals surface area contributed by atoms with Crippen LogP contribution in [0.4, 0.5) is 0 Å². The van der Waals surface area contributed by atoms with E-state index < -0.39 is 12.0 Å². The molecule has 1 rings (SSSR count). The van der Waals surface area contributed by atoms with E-state index in [1.165, 1.54) is 0 Å². The number of carboxylic acids is 1. The number of nitrogens with one attached hydrogen (secondary N) is 1. The average Bonchev–Trinajstić information content (AvgIpc) is 2.42. The highest BCUT2D eigenvalue weighted by Crippen LogP contribution is 2.19. The average molecular weight is 343 g/mol. The summed E-state index contributed by atoms with van der Waals surface area (Å²) in [6.07, 6.45) is 0.765. The van der Waals surface area contributed by atoms with Gasteiger partial charge in [-0.25, -0.2) is 0 Å². The van der Waals surface area contributed by atoms with Gasteiger partial charge in [0, 0.05) is 10.9 Å². The van der Waals surface area contributed by atoms with E-state index >= 15 is 0 Å². The summed E-state index contributed by atoms with van der Waals surface area (Å²) in [5, 5.41) is 11.4. The van der Waals surface area contributed by atoms with Crippen molar-refractivity contribution in [2.45, 2.75) is 38.3 Å². The van der Waals surface area contributed by atoms with Crippen LogP contribution in [0.5, 0.6) is 0 Å². The van der Waals surface area contributed by atoms with Crippen LogP contribution in [0.3, 0.4) is 0 Å². The molecule has 0 aromatic heterocycles. The molecule has 0 fully saturated rings. The van der Waals surface area contributed by atoms with E-state index in [9.17, 15) is 9.59 Å². The van der Waals surface area contributed by atoms with E-state index in [1.807, 2.05) is 31.2 Å². The lowest BCUT2D eigenvalue weighted by Crippen LogP contribution is -2.42. The van der Waals surface area contributed by atoms with Crippen molar-refractivity contribution in [3.05, 3.63) is 34.3 Å². The molecule has 20 heavy (non-hydrogen) atoms. The second-order valence-corrected chi connectivity index (χ2v) is 5.48. The number of nitrogens with two attached hydrogens (primary N) is 1. The molecule has 0 bridgehead atoms.